The Balaban J connectivity index is 2.82. The molecule has 0 bridgehead atoms. The number of nitrogens with zero attached hydrogens (tertiary/aromatic N) is 2. The zero-order valence-electron chi connectivity index (χ0n) is 10.5. The molecule has 1 aromatic rings. The van der Waals surface area contributed by atoms with E-state index < -0.39 is 24.8 Å². The first kappa shape index (κ1) is 15.4. The van der Waals surface area contributed by atoms with E-state index in [0.29, 0.717) is 0 Å². The molecule has 0 aliphatic carbocycles. The third kappa shape index (κ3) is 4.83. The van der Waals surface area contributed by atoms with E-state index >= 15 is 0 Å². The Bertz CT molecular complexity index is 380. The second-order valence-corrected chi connectivity index (χ2v) is 3.90. The summed E-state index contributed by atoms with van der Waals surface area (Å²) in [5.41, 5.74) is 5.39. The Labute approximate surface area is 109 Å². The van der Waals surface area contributed by atoms with Gasteiger partial charge >= 0.3 is 0 Å². The molecule has 0 aliphatic rings. The first-order valence-electron chi connectivity index (χ1n) is 5.49. The van der Waals surface area contributed by atoms with Crippen LogP contribution in [-0.2, 0) is 0 Å². The normalized spacial score (nSPS) is 17.4. The monoisotopic (exact) mass is 275 g/mol. The van der Waals surface area contributed by atoms with Gasteiger partial charge in [0.1, 0.15) is 12.2 Å². The van der Waals surface area contributed by atoms with Crippen molar-refractivity contribution in [2.45, 2.75) is 38.6 Å². The molecule has 0 aromatic carbocycles. The molecule has 108 valence electrons. The molecule has 1 heterocycles. The van der Waals surface area contributed by atoms with Crippen molar-refractivity contribution in [3.63, 3.8) is 0 Å². The Morgan fingerprint density at radius 1 is 0.947 bits per heavy atom. The van der Waals surface area contributed by atoms with Crippen molar-refractivity contribution in [2.24, 2.45) is 0 Å². The SMILES string of the molecule is C[C@H](O)[C@@H](O)Oc1cc(O[C@H](O)[C@H](C)O)nc(N)n1. The highest BCUT2D eigenvalue weighted by Gasteiger charge is 2.17. The van der Waals surface area contributed by atoms with Crippen molar-refractivity contribution >= 4 is 5.95 Å². The minimum absolute atomic E-state index is 0.145. The first-order valence-corrected chi connectivity index (χ1v) is 5.49. The van der Waals surface area contributed by atoms with Gasteiger partial charge in [-0.15, -0.1) is 0 Å². The third-order valence-electron chi connectivity index (χ3n) is 2.00. The van der Waals surface area contributed by atoms with Crippen molar-refractivity contribution in [1.29, 1.82) is 0 Å². The van der Waals surface area contributed by atoms with Crippen LogP contribution in [0.5, 0.6) is 11.8 Å². The van der Waals surface area contributed by atoms with Gasteiger partial charge in [-0.05, 0) is 13.8 Å². The van der Waals surface area contributed by atoms with Gasteiger partial charge in [0.25, 0.3) is 0 Å². The molecule has 1 aromatic heterocycles. The number of rotatable bonds is 6. The largest absolute Gasteiger partial charge is 0.445 e. The lowest BCUT2D eigenvalue weighted by atomic mass is 10.4. The molecule has 1 rings (SSSR count). The molecule has 19 heavy (non-hydrogen) atoms. The topological polar surface area (TPSA) is 151 Å². The van der Waals surface area contributed by atoms with Crippen molar-refractivity contribution in [3.05, 3.63) is 6.07 Å². The highest BCUT2D eigenvalue weighted by molar-refractivity contribution is 5.29. The standard InChI is InChI=1S/C10H17N3O6/c1-4(14)8(16)18-6-3-7(13-10(11)12-6)19-9(17)5(2)15/h3-5,8-9,14-17H,1-2H3,(H2,11,12,13)/t4-,5-,8-,9-/m0/s1. The van der Waals surface area contributed by atoms with Crippen LogP contribution in [0.4, 0.5) is 5.95 Å². The lowest BCUT2D eigenvalue weighted by Gasteiger charge is -2.17. The van der Waals surface area contributed by atoms with Gasteiger partial charge in [0, 0.05) is 0 Å². The molecule has 0 unspecified atom stereocenters. The highest BCUT2D eigenvalue weighted by Crippen LogP contribution is 2.19. The van der Waals surface area contributed by atoms with E-state index in [4.69, 9.17) is 25.4 Å². The molecule has 0 fully saturated rings. The minimum atomic E-state index is -1.50. The van der Waals surface area contributed by atoms with Crippen LogP contribution < -0.4 is 15.2 Å². The van der Waals surface area contributed by atoms with Gasteiger partial charge in [-0.3, -0.25) is 0 Å². The Kier molecular flexibility index (Phi) is 5.24. The number of hydrogen-bond donors (Lipinski definition) is 5. The number of aliphatic hydroxyl groups excluding tert-OH is 4. The van der Waals surface area contributed by atoms with E-state index in [1.54, 1.807) is 0 Å². The lowest BCUT2D eigenvalue weighted by molar-refractivity contribution is -0.102. The van der Waals surface area contributed by atoms with Crippen LogP contribution in [-0.4, -0.2) is 55.2 Å². The van der Waals surface area contributed by atoms with E-state index in [1.807, 2.05) is 0 Å². The Morgan fingerprint density at radius 2 is 1.32 bits per heavy atom. The summed E-state index contributed by atoms with van der Waals surface area (Å²) in [6.45, 7) is 2.65. The van der Waals surface area contributed by atoms with Crippen LogP contribution in [0, 0.1) is 0 Å². The van der Waals surface area contributed by atoms with Crippen LogP contribution in [0.25, 0.3) is 0 Å². The second-order valence-electron chi connectivity index (χ2n) is 3.90. The van der Waals surface area contributed by atoms with Gasteiger partial charge in [0.15, 0.2) is 0 Å². The maximum absolute atomic E-state index is 9.33. The van der Waals surface area contributed by atoms with Crippen LogP contribution in [0.15, 0.2) is 6.07 Å². The van der Waals surface area contributed by atoms with Gasteiger partial charge in [-0.2, -0.15) is 9.97 Å². The number of nitrogens with two attached hydrogens (primary N) is 1. The minimum Gasteiger partial charge on any atom is -0.445 e. The lowest BCUT2D eigenvalue weighted by Crippen LogP contribution is -2.30. The average molecular weight is 275 g/mol. The fraction of sp³-hybridized carbons (Fsp3) is 0.600. The van der Waals surface area contributed by atoms with E-state index in [-0.39, 0.29) is 17.7 Å². The maximum Gasteiger partial charge on any atom is 0.226 e. The summed E-state index contributed by atoms with van der Waals surface area (Å²) in [6.07, 6.45) is -5.26. The fourth-order valence-corrected chi connectivity index (χ4v) is 0.986. The van der Waals surface area contributed by atoms with Gasteiger partial charge < -0.3 is 35.6 Å². The molecular weight excluding hydrogens is 258 g/mol. The quantitative estimate of drug-likeness (QED) is 0.379. The second kappa shape index (κ2) is 6.48. The maximum atomic E-state index is 9.33. The van der Waals surface area contributed by atoms with Gasteiger partial charge in [-0.25, -0.2) is 0 Å². The van der Waals surface area contributed by atoms with E-state index in [2.05, 4.69) is 9.97 Å². The van der Waals surface area contributed by atoms with Crippen molar-refractivity contribution in [3.8, 4) is 11.8 Å². The summed E-state index contributed by atoms with van der Waals surface area (Å²) in [5.74, 6) is -0.509. The van der Waals surface area contributed by atoms with Crippen molar-refractivity contribution in [1.82, 2.24) is 9.97 Å². The summed E-state index contributed by atoms with van der Waals surface area (Å²) in [6, 6.07) is 1.15. The molecule has 9 nitrogen and oxygen atoms in total. The average Bonchev–Trinajstić information content (AvgIpc) is 2.27. The van der Waals surface area contributed by atoms with Gasteiger partial charge in [-0.1, -0.05) is 0 Å². The van der Waals surface area contributed by atoms with Crippen LogP contribution in [0.3, 0.4) is 0 Å². The number of ether oxygens (including phenoxy) is 2. The molecule has 9 heteroatoms. The highest BCUT2D eigenvalue weighted by atomic mass is 16.6. The van der Waals surface area contributed by atoms with E-state index in [0.717, 1.165) is 6.07 Å². The van der Waals surface area contributed by atoms with E-state index in [9.17, 15) is 10.2 Å². The first-order chi connectivity index (χ1) is 8.79. The fourth-order valence-electron chi connectivity index (χ4n) is 0.986. The van der Waals surface area contributed by atoms with Crippen molar-refractivity contribution < 1.29 is 29.9 Å². The zero-order chi connectivity index (χ0) is 14.6. The van der Waals surface area contributed by atoms with Crippen LogP contribution in [0.2, 0.25) is 0 Å². The van der Waals surface area contributed by atoms with Crippen molar-refractivity contribution in [2.75, 3.05) is 5.73 Å². The Morgan fingerprint density at radius 3 is 1.63 bits per heavy atom. The third-order valence-corrected chi connectivity index (χ3v) is 2.00. The summed E-state index contributed by atoms with van der Waals surface area (Å²) in [4.78, 5) is 7.32. The smallest absolute Gasteiger partial charge is 0.226 e. The molecule has 4 atom stereocenters. The number of anilines is 1. The van der Waals surface area contributed by atoms with Crippen LogP contribution in [0.1, 0.15) is 13.8 Å². The van der Waals surface area contributed by atoms with Crippen LogP contribution >= 0.6 is 0 Å². The number of nitrogen functional groups attached to an aromatic ring is 1. The summed E-state index contributed by atoms with van der Waals surface area (Å²) >= 11 is 0. The number of aliphatic hydroxyl groups is 4. The predicted octanol–water partition coefficient (Wildman–Crippen LogP) is -1.79. The molecule has 0 radical (unpaired) electrons. The summed E-state index contributed by atoms with van der Waals surface area (Å²) in [5, 5.41) is 36.8. The van der Waals surface area contributed by atoms with Gasteiger partial charge in [0.2, 0.25) is 30.3 Å². The molecule has 0 aliphatic heterocycles. The summed E-state index contributed by atoms with van der Waals surface area (Å²) < 4.78 is 9.78. The number of hydrogen-bond acceptors (Lipinski definition) is 9. The molecule has 0 amide bonds. The van der Waals surface area contributed by atoms with E-state index in [1.165, 1.54) is 13.8 Å². The predicted molar refractivity (Wildman–Crippen MR) is 63.1 cm³/mol. The number of aromatic nitrogens is 2. The molecular formula is C10H17N3O6. The molecule has 0 saturated heterocycles. The molecule has 0 spiro atoms. The Hall–Kier alpha value is -1.68. The molecule has 6 N–H and O–H groups in total. The summed E-state index contributed by atoms with van der Waals surface area (Å²) in [7, 11) is 0. The molecule has 0 saturated carbocycles. The zero-order valence-corrected chi connectivity index (χ0v) is 10.5. The van der Waals surface area contributed by atoms with Gasteiger partial charge in [0.05, 0.1) is 6.07 Å².